The maximum absolute atomic E-state index is 12.5. The average molecular weight is 429 g/mol. The summed E-state index contributed by atoms with van der Waals surface area (Å²) in [6.45, 7) is 0. The van der Waals surface area contributed by atoms with Crippen molar-refractivity contribution in [3.63, 3.8) is 0 Å². The van der Waals surface area contributed by atoms with Crippen molar-refractivity contribution in [2.24, 2.45) is 0 Å². The third-order valence-corrected chi connectivity index (χ3v) is 6.00. The largest absolute Gasteiger partial charge is 0.477 e. The van der Waals surface area contributed by atoms with Crippen molar-refractivity contribution in [2.45, 2.75) is 17.8 Å². The zero-order chi connectivity index (χ0) is 19.7. The summed E-state index contributed by atoms with van der Waals surface area (Å²) in [4.78, 5) is 37.2. The van der Waals surface area contributed by atoms with Crippen molar-refractivity contribution in [1.29, 1.82) is 0 Å². The number of nitrogens with one attached hydrogen (secondary N) is 1. The van der Waals surface area contributed by atoms with E-state index in [0.29, 0.717) is 0 Å². The molecule has 0 saturated carbocycles. The maximum atomic E-state index is 12.5. The van der Waals surface area contributed by atoms with Crippen LogP contribution in [0.1, 0.15) is 5.56 Å². The summed E-state index contributed by atoms with van der Waals surface area (Å²) < 4.78 is 12.3. The predicted octanol–water partition coefficient (Wildman–Crippen LogP) is 1.30. The number of fused-ring (bicyclic) bond motifs is 1. The molecule has 2 amide bonds. The van der Waals surface area contributed by atoms with E-state index < -0.39 is 40.0 Å². The predicted molar refractivity (Wildman–Crippen MR) is 100 cm³/mol. The minimum Gasteiger partial charge on any atom is -0.477 e. The second-order valence-corrected chi connectivity index (χ2v) is 8.49. The highest BCUT2D eigenvalue weighted by molar-refractivity contribution is 7.86. The summed E-state index contributed by atoms with van der Waals surface area (Å²) >= 11 is 11.2. The second kappa shape index (κ2) is 7.84. The van der Waals surface area contributed by atoms with Crippen molar-refractivity contribution >= 4 is 51.8 Å². The molecule has 27 heavy (non-hydrogen) atoms. The van der Waals surface area contributed by atoms with E-state index in [-0.39, 0.29) is 27.9 Å². The number of amides is 2. The molecule has 0 bridgehead atoms. The van der Waals surface area contributed by atoms with Crippen LogP contribution in [0, 0.1) is 0 Å². The topological polar surface area (TPSA) is 104 Å². The molecule has 1 fully saturated rings. The molecule has 2 unspecified atom stereocenters. The van der Waals surface area contributed by atoms with Crippen LogP contribution in [0.15, 0.2) is 52.2 Å². The van der Waals surface area contributed by atoms with E-state index >= 15 is 0 Å². The molecule has 2 aliphatic heterocycles. The quantitative estimate of drug-likeness (QED) is 0.687. The monoisotopic (exact) mass is 428 g/mol. The Hall–Kier alpha value is -2.16. The van der Waals surface area contributed by atoms with Crippen LogP contribution in [-0.2, 0) is 31.6 Å². The smallest absolute Gasteiger partial charge is 0.352 e. The molecular formula is C17H14Cl2N2O5S. The molecule has 0 aromatic heterocycles. The van der Waals surface area contributed by atoms with E-state index in [1.54, 1.807) is 24.3 Å². The van der Waals surface area contributed by atoms with Crippen LogP contribution < -0.4 is 5.32 Å². The van der Waals surface area contributed by atoms with E-state index in [9.17, 15) is 23.7 Å². The molecular weight excluding hydrogens is 415 g/mol. The summed E-state index contributed by atoms with van der Waals surface area (Å²) in [5.41, 5.74) is 0.537. The van der Waals surface area contributed by atoms with Crippen LogP contribution in [0.25, 0.3) is 0 Å². The van der Waals surface area contributed by atoms with Crippen LogP contribution in [0.2, 0.25) is 0 Å². The van der Waals surface area contributed by atoms with Gasteiger partial charge in [-0.1, -0.05) is 53.5 Å². The molecule has 2 aliphatic rings. The van der Waals surface area contributed by atoms with Gasteiger partial charge in [-0.3, -0.25) is 18.7 Å². The SMILES string of the molecule is O=C(Cc1ccccc1)NC1C(=O)N2C(C(=O)O)=C(C=C(Cl)Cl)CS(=O)[C@@H]12. The number of benzene rings is 1. The number of hydrogen-bond donors (Lipinski definition) is 2. The molecule has 142 valence electrons. The third-order valence-electron chi connectivity index (χ3n) is 4.17. The summed E-state index contributed by atoms with van der Waals surface area (Å²) in [7, 11) is -1.62. The standard InChI is InChI=1S/C17H14Cl2N2O5S/c18-11(19)7-10-8-27(26)16-13(15(23)21(16)14(10)17(24)25)20-12(22)6-9-4-2-1-3-5-9/h1-5,7,13,16H,6,8H2,(H,20,22)(H,24,25)/t13?,16-,27?/m0/s1. The van der Waals surface area contributed by atoms with Gasteiger partial charge in [0.1, 0.15) is 21.6 Å². The lowest BCUT2D eigenvalue weighted by molar-refractivity contribution is -0.150. The molecule has 1 aromatic carbocycles. The van der Waals surface area contributed by atoms with Gasteiger partial charge in [-0.05, 0) is 17.2 Å². The number of aliphatic carboxylic acids is 1. The number of carbonyl (C=O) groups is 3. The molecule has 0 radical (unpaired) electrons. The van der Waals surface area contributed by atoms with Crippen molar-refractivity contribution in [2.75, 3.05) is 5.75 Å². The van der Waals surface area contributed by atoms with E-state index in [2.05, 4.69) is 5.32 Å². The first-order chi connectivity index (χ1) is 12.8. The number of carboxylic acid groups (broad SMARTS) is 1. The van der Waals surface area contributed by atoms with E-state index in [4.69, 9.17) is 23.2 Å². The van der Waals surface area contributed by atoms with Gasteiger partial charge in [-0.15, -0.1) is 0 Å². The summed E-state index contributed by atoms with van der Waals surface area (Å²) in [6, 6.07) is 7.90. The molecule has 0 spiro atoms. The number of nitrogens with zero attached hydrogens (tertiary/aromatic N) is 1. The number of halogens is 2. The molecule has 2 heterocycles. The highest BCUT2D eigenvalue weighted by Gasteiger charge is 2.56. The Morgan fingerprint density at radius 3 is 2.56 bits per heavy atom. The number of β-lactam (4-membered cyclic amide) rings is 1. The first kappa shape index (κ1) is 19.6. The maximum Gasteiger partial charge on any atom is 0.352 e. The van der Waals surface area contributed by atoms with Crippen molar-refractivity contribution in [1.82, 2.24) is 10.2 Å². The Labute approximate surface area is 167 Å². The van der Waals surface area contributed by atoms with Crippen LogP contribution in [0.4, 0.5) is 0 Å². The van der Waals surface area contributed by atoms with Gasteiger partial charge < -0.3 is 10.4 Å². The number of carboxylic acids is 1. The van der Waals surface area contributed by atoms with Gasteiger partial charge in [0.15, 0.2) is 0 Å². The number of allylic oxidation sites excluding steroid dienone is 1. The van der Waals surface area contributed by atoms with E-state index in [0.717, 1.165) is 16.5 Å². The molecule has 1 saturated heterocycles. The van der Waals surface area contributed by atoms with Gasteiger partial charge in [-0.2, -0.15) is 0 Å². The minimum atomic E-state index is -1.62. The molecule has 3 atom stereocenters. The van der Waals surface area contributed by atoms with Crippen molar-refractivity contribution in [3.8, 4) is 0 Å². The zero-order valence-corrected chi connectivity index (χ0v) is 16.1. The van der Waals surface area contributed by atoms with Crippen LogP contribution in [-0.4, -0.2) is 49.2 Å². The van der Waals surface area contributed by atoms with Crippen LogP contribution in [0.3, 0.4) is 0 Å². The summed E-state index contributed by atoms with van der Waals surface area (Å²) in [5.74, 6) is -2.54. The lowest BCUT2D eigenvalue weighted by Gasteiger charge is -2.48. The average Bonchev–Trinajstić information content (AvgIpc) is 2.59. The number of hydrogen-bond acceptors (Lipinski definition) is 4. The molecule has 10 heteroatoms. The molecule has 3 rings (SSSR count). The molecule has 2 N–H and O–H groups in total. The normalized spacial score (nSPS) is 24.0. The Morgan fingerprint density at radius 1 is 1.30 bits per heavy atom. The first-order valence-corrected chi connectivity index (χ1v) is 9.96. The van der Waals surface area contributed by atoms with Gasteiger partial charge in [0.2, 0.25) is 5.91 Å². The third kappa shape index (κ3) is 3.92. The van der Waals surface area contributed by atoms with E-state index in [1.165, 1.54) is 0 Å². The Balaban J connectivity index is 1.80. The lowest BCUT2D eigenvalue weighted by Crippen LogP contribution is -2.73. The summed E-state index contributed by atoms with van der Waals surface area (Å²) in [5, 5.41) is 11.1. The van der Waals surface area contributed by atoms with Crippen LogP contribution >= 0.6 is 23.2 Å². The fourth-order valence-corrected chi connectivity index (χ4v) is 4.95. The van der Waals surface area contributed by atoms with E-state index in [1.807, 2.05) is 6.07 Å². The fraction of sp³-hybridized carbons (Fsp3) is 0.235. The van der Waals surface area contributed by atoms with Gasteiger partial charge in [0.05, 0.1) is 23.0 Å². The summed E-state index contributed by atoms with van der Waals surface area (Å²) in [6.07, 6.45) is 1.22. The Morgan fingerprint density at radius 2 is 1.96 bits per heavy atom. The van der Waals surface area contributed by atoms with Gasteiger partial charge in [0, 0.05) is 0 Å². The second-order valence-electron chi connectivity index (χ2n) is 5.94. The van der Waals surface area contributed by atoms with Gasteiger partial charge in [-0.25, -0.2) is 4.79 Å². The first-order valence-electron chi connectivity index (χ1n) is 7.82. The number of rotatable bonds is 5. The highest BCUT2D eigenvalue weighted by Crippen LogP contribution is 2.36. The van der Waals surface area contributed by atoms with Crippen LogP contribution in [0.5, 0.6) is 0 Å². The van der Waals surface area contributed by atoms with Crippen molar-refractivity contribution < 1.29 is 23.7 Å². The minimum absolute atomic E-state index is 0.0570. The molecule has 7 nitrogen and oxygen atoms in total. The Kier molecular flexibility index (Phi) is 5.69. The Bertz CT molecular complexity index is 896. The molecule has 0 aliphatic carbocycles. The zero-order valence-electron chi connectivity index (χ0n) is 13.7. The highest BCUT2D eigenvalue weighted by atomic mass is 35.5. The fourth-order valence-electron chi connectivity index (χ4n) is 3.05. The van der Waals surface area contributed by atoms with Gasteiger partial charge >= 0.3 is 5.97 Å². The van der Waals surface area contributed by atoms with Crippen molar-refractivity contribution in [3.05, 3.63) is 57.7 Å². The molecule has 1 aromatic rings. The lowest BCUT2D eigenvalue weighted by atomic mass is 10.0. The number of carbonyl (C=O) groups excluding carboxylic acids is 2. The van der Waals surface area contributed by atoms with Gasteiger partial charge in [0.25, 0.3) is 5.91 Å².